The van der Waals surface area contributed by atoms with Crippen LogP contribution in [-0.4, -0.2) is 42.5 Å². The summed E-state index contributed by atoms with van der Waals surface area (Å²) in [7, 11) is 0. The maximum Gasteiger partial charge on any atom is 0.237 e. The Morgan fingerprint density at radius 1 is 1.43 bits per heavy atom. The molecule has 1 amide bonds. The highest BCUT2D eigenvalue weighted by atomic mass is 16.2. The van der Waals surface area contributed by atoms with Crippen molar-refractivity contribution < 1.29 is 4.79 Å². The SMILES string of the molecule is CC(C(=O)NCC1CCCN1)N1CCc2ccccc2C1. The number of carbonyl (C=O) groups is 1. The molecule has 1 aromatic rings. The van der Waals surface area contributed by atoms with E-state index in [1.165, 1.54) is 24.0 Å². The van der Waals surface area contributed by atoms with E-state index in [0.717, 1.165) is 32.6 Å². The summed E-state index contributed by atoms with van der Waals surface area (Å²) >= 11 is 0. The average Bonchev–Trinajstić information content (AvgIpc) is 3.05. The summed E-state index contributed by atoms with van der Waals surface area (Å²) in [6.07, 6.45) is 3.43. The molecular weight excluding hydrogens is 262 g/mol. The molecule has 1 fully saturated rings. The van der Waals surface area contributed by atoms with Crippen molar-refractivity contribution in [3.05, 3.63) is 35.4 Å². The van der Waals surface area contributed by atoms with Gasteiger partial charge in [-0.1, -0.05) is 24.3 Å². The molecule has 114 valence electrons. The van der Waals surface area contributed by atoms with E-state index in [4.69, 9.17) is 0 Å². The summed E-state index contributed by atoms with van der Waals surface area (Å²) in [5.41, 5.74) is 2.79. The van der Waals surface area contributed by atoms with Crippen molar-refractivity contribution in [2.24, 2.45) is 0 Å². The highest BCUT2D eigenvalue weighted by Crippen LogP contribution is 2.20. The predicted molar refractivity (Wildman–Crippen MR) is 84.1 cm³/mol. The van der Waals surface area contributed by atoms with E-state index < -0.39 is 0 Å². The van der Waals surface area contributed by atoms with Gasteiger partial charge in [-0.15, -0.1) is 0 Å². The van der Waals surface area contributed by atoms with Crippen LogP contribution in [0.2, 0.25) is 0 Å². The maximum absolute atomic E-state index is 12.3. The number of hydrogen-bond acceptors (Lipinski definition) is 3. The first-order valence-corrected chi connectivity index (χ1v) is 8.06. The maximum atomic E-state index is 12.3. The van der Waals surface area contributed by atoms with Crippen molar-refractivity contribution >= 4 is 5.91 Å². The van der Waals surface area contributed by atoms with Crippen molar-refractivity contribution in [3.63, 3.8) is 0 Å². The van der Waals surface area contributed by atoms with Gasteiger partial charge in [-0.3, -0.25) is 9.69 Å². The third-order valence-corrected chi connectivity index (χ3v) is 4.77. The van der Waals surface area contributed by atoms with Crippen molar-refractivity contribution in [1.82, 2.24) is 15.5 Å². The van der Waals surface area contributed by atoms with Crippen LogP contribution in [0.3, 0.4) is 0 Å². The molecule has 2 heterocycles. The number of fused-ring (bicyclic) bond motifs is 1. The van der Waals surface area contributed by atoms with Gasteiger partial charge in [-0.2, -0.15) is 0 Å². The smallest absolute Gasteiger partial charge is 0.237 e. The lowest BCUT2D eigenvalue weighted by atomic mass is 9.99. The number of rotatable bonds is 4. The van der Waals surface area contributed by atoms with Crippen molar-refractivity contribution in [2.45, 2.75) is 44.8 Å². The third kappa shape index (κ3) is 3.44. The van der Waals surface area contributed by atoms with E-state index in [9.17, 15) is 4.79 Å². The summed E-state index contributed by atoms with van der Waals surface area (Å²) < 4.78 is 0. The highest BCUT2D eigenvalue weighted by Gasteiger charge is 2.25. The largest absolute Gasteiger partial charge is 0.353 e. The van der Waals surface area contributed by atoms with Crippen LogP contribution in [0.15, 0.2) is 24.3 Å². The van der Waals surface area contributed by atoms with Gasteiger partial charge in [0.05, 0.1) is 6.04 Å². The van der Waals surface area contributed by atoms with Crippen molar-refractivity contribution in [3.8, 4) is 0 Å². The minimum absolute atomic E-state index is 0.0558. The molecular formula is C17H25N3O. The molecule has 0 aliphatic carbocycles. The second kappa shape index (κ2) is 6.58. The number of amides is 1. The van der Waals surface area contributed by atoms with Gasteiger partial charge in [-0.25, -0.2) is 0 Å². The summed E-state index contributed by atoms with van der Waals surface area (Å²) in [5, 5.41) is 6.52. The lowest BCUT2D eigenvalue weighted by Crippen LogP contribution is -2.49. The van der Waals surface area contributed by atoms with E-state index in [0.29, 0.717) is 6.04 Å². The van der Waals surface area contributed by atoms with Gasteiger partial charge >= 0.3 is 0 Å². The van der Waals surface area contributed by atoms with E-state index in [-0.39, 0.29) is 11.9 Å². The van der Waals surface area contributed by atoms with Gasteiger partial charge in [0.25, 0.3) is 0 Å². The molecule has 4 nitrogen and oxygen atoms in total. The zero-order valence-corrected chi connectivity index (χ0v) is 12.8. The molecule has 0 aromatic heterocycles. The molecule has 1 aromatic carbocycles. The van der Waals surface area contributed by atoms with Crippen LogP contribution in [0.1, 0.15) is 30.9 Å². The summed E-state index contributed by atoms with van der Waals surface area (Å²) in [6.45, 7) is 5.71. The topological polar surface area (TPSA) is 44.4 Å². The van der Waals surface area contributed by atoms with Crippen LogP contribution >= 0.6 is 0 Å². The first-order chi connectivity index (χ1) is 10.2. The number of nitrogens with zero attached hydrogens (tertiary/aromatic N) is 1. The van der Waals surface area contributed by atoms with E-state index >= 15 is 0 Å². The zero-order chi connectivity index (χ0) is 14.7. The molecule has 2 aliphatic rings. The summed E-state index contributed by atoms with van der Waals surface area (Å²) in [4.78, 5) is 14.6. The number of benzene rings is 1. The molecule has 0 radical (unpaired) electrons. The summed E-state index contributed by atoms with van der Waals surface area (Å²) in [6, 6.07) is 8.96. The minimum atomic E-state index is -0.0558. The molecule has 21 heavy (non-hydrogen) atoms. The number of nitrogens with one attached hydrogen (secondary N) is 2. The molecule has 4 heteroatoms. The Balaban J connectivity index is 1.53. The lowest BCUT2D eigenvalue weighted by molar-refractivity contribution is -0.126. The Kier molecular flexibility index (Phi) is 4.56. The number of carbonyl (C=O) groups excluding carboxylic acids is 1. The molecule has 2 aliphatic heterocycles. The Bertz CT molecular complexity index is 497. The van der Waals surface area contributed by atoms with Gasteiger partial charge in [0, 0.05) is 25.7 Å². The highest BCUT2D eigenvalue weighted by molar-refractivity contribution is 5.81. The molecule has 0 saturated carbocycles. The fraction of sp³-hybridized carbons (Fsp3) is 0.588. The molecule has 3 rings (SSSR count). The quantitative estimate of drug-likeness (QED) is 0.877. The number of hydrogen-bond donors (Lipinski definition) is 2. The van der Waals surface area contributed by atoms with Gasteiger partial charge < -0.3 is 10.6 Å². The molecule has 2 unspecified atom stereocenters. The molecule has 0 spiro atoms. The Morgan fingerprint density at radius 2 is 2.24 bits per heavy atom. The van der Waals surface area contributed by atoms with Gasteiger partial charge in [-0.05, 0) is 43.9 Å². The second-order valence-electron chi connectivity index (χ2n) is 6.20. The van der Waals surface area contributed by atoms with Crippen LogP contribution in [0.4, 0.5) is 0 Å². The summed E-state index contributed by atoms with van der Waals surface area (Å²) in [5.74, 6) is 0.156. The van der Waals surface area contributed by atoms with E-state index in [1.807, 2.05) is 6.92 Å². The van der Waals surface area contributed by atoms with Crippen LogP contribution in [0.5, 0.6) is 0 Å². The first-order valence-electron chi connectivity index (χ1n) is 8.06. The Morgan fingerprint density at radius 3 is 3.00 bits per heavy atom. The first kappa shape index (κ1) is 14.5. The van der Waals surface area contributed by atoms with Crippen molar-refractivity contribution in [1.29, 1.82) is 0 Å². The zero-order valence-electron chi connectivity index (χ0n) is 12.8. The fourth-order valence-electron chi connectivity index (χ4n) is 3.32. The predicted octanol–water partition coefficient (Wildman–Crippen LogP) is 1.30. The third-order valence-electron chi connectivity index (χ3n) is 4.77. The monoisotopic (exact) mass is 287 g/mol. The minimum Gasteiger partial charge on any atom is -0.353 e. The van der Waals surface area contributed by atoms with Crippen LogP contribution in [-0.2, 0) is 17.8 Å². The van der Waals surface area contributed by atoms with Gasteiger partial charge in [0.15, 0.2) is 0 Å². The van der Waals surface area contributed by atoms with Crippen LogP contribution in [0.25, 0.3) is 0 Å². The lowest BCUT2D eigenvalue weighted by Gasteiger charge is -2.33. The van der Waals surface area contributed by atoms with E-state index in [2.05, 4.69) is 39.8 Å². The molecule has 2 N–H and O–H groups in total. The van der Waals surface area contributed by atoms with Crippen molar-refractivity contribution in [2.75, 3.05) is 19.6 Å². The molecule has 1 saturated heterocycles. The fourth-order valence-corrected chi connectivity index (χ4v) is 3.32. The van der Waals surface area contributed by atoms with Crippen LogP contribution in [0, 0.1) is 0 Å². The molecule has 0 bridgehead atoms. The average molecular weight is 287 g/mol. The molecule has 2 atom stereocenters. The second-order valence-corrected chi connectivity index (χ2v) is 6.20. The van der Waals surface area contributed by atoms with E-state index in [1.54, 1.807) is 0 Å². The normalized spacial score (nSPS) is 23.6. The Labute approximate surface area is 126 Å². The van der Waals surface area contributed by atoms with Gasteiger partial charge in [0.1, 0.15) is 0 Å². The van der Waals surface area contributed by atoms with Crippen LogP contribution < -0.4 is 10.6 Å². The Hall–Kier alpha value is -1.39. The standard InChI is InChI=1S/C17H25N3O/c1-13(17(21)19-11-16-7-4-9-18-16)20-10-8-14-5-2-3-6-15(14)12-20/h2-3,5-6,13,16,18H,4,7-12H2,1H3,(H,19,21). The van der Waals surface area contributed by atoms with Gasteiger partial charge in [0.2, 0.25) is 5.91 Å².